The summed E-state index contributed by atoms with van der Waals surface area (Å²) in [5.74, 6) is 0.913. The van der Waals surface area contributed by atoms with E-state index in [0.717, 1.165) is 64.6 Å². The van der Waals surface area contributed by atoms with E-state index >= 15 is 0 Å². The molecule has 24 heavy (non-hydrogen) atoms. The highest BCUT2D eigenvalue weighted by atomic mass is 16.5. The molecule has 0 unspecified atom stereocenters. The number of nitrogens with one attached hydrogen (secondary N) is 2. The van der Waals surface area contributed by atoms with E-state index in [4.69, 9.17) is 4.74 Å². The minimum Gasteiger partial charge on any atom is -0.382 e. The van der Waals surface area contributed by atoms with Gasteiger partial charge in [0.25, 0.3) is 0 Å². The molecule has 0 spiro atoms. The van der Waals surface area contributed by atoms with Crippen LogP contribution in [0.4, 0.5) is 5.69 Å². The first-order valence-corrected chi connectivity index (χ1v) is 9.14. The number of unbranched alkanes of at least 4 members (excludes halogenated alkanes) is 1. The first kappa shape index (κ1) is 20.3. The average molecular weight is 335 g/mol. The lowest BCUT2D eigenvalue weighted by molar-refractivity contribution is 0.143. The molecule has 0 bridgehead atoms. The maximum atomic E-state index is 5.35. The third-order valence-corrected chi connectivity index (χ3v) is 3.67. The third-order valence-electron chi connectivity index (χ3n) is 3.67. The second-order valence-electron chi connectivity index (χ2n) is 5.70. The predicted molar refractivity (Wildman–Crippen MR) is 104 cm³/mol. The number of nitrogens with zero attached hydrogens (tertiary/aromatic N) is 2. The molecule has 2 N–H and O–H groups in total. The fourth-order valence-corrected chi connectivity index (χ4v) is 2.33. The van der Waals surface area contributed by atoms with Crippen molar-refractivity contribution >= 4 is 11.6 Å². The van der Waals surface area contributed by atoms with E-state index < -0.39 is 0 Å². The van der Waals surface area contributed by atoms with Gasteiger partial charge < -0.3 is 20.3 Å². The summed E-state index contributed by atoms with van der Waals surface area (Å²) in [6, 6.07) is 10.5. The molecule has 136 valence electrons. The quantitative estimate of drug-likeness (QED) is 0.351. The molecule has 5 nitrogen and oxygen atoms in total. The van der Waals surface area contributed by atoms with Crippen molar-refractivity contribution in [2.75, 3.05) is 51.3 Å². The second-order valence-corrected chi connectivity index (χ2v) is 5.70. The number of anilines is 1. The van der Waals surface area contributed by atoms with Crippen LogP contribution in [-0.2, 0) is 4.74 Å². The van der Waals surface area contributed by atoms with Crippen LogP contribution >= 0.6 is 0 Å². The molecule has 0 atom stereocenters. The molecule has 0 aliphatic rings. The first-order chi connectivity index (χ1) is 11.8. The van der Waals surface area contributed by atoms with Gasteiger partial charge in [-0.1, -0.05) is 18.2 Å². The number of hydrogen-bond donors (Lipinski definition) is 2. The standard InChI is InChI=1S/C19H34N4O/c1-4-20-19(21-14-9-10-17-24-5-2)22-15-11-16-23(3)18-12-7-6-8-13-18/h6-8,12-13H,4-5,9-11,14-17H2,1-3H3,(H2,20,21,22). The topological polar surface area (TPSA) is 48.9 Å². The molecule has 0 heterocycles. The number of rotatable bonds is 12. The molecule has 0 amide bonds. The normalized spacial score (nSPS) is 11.4. The number of aliphatic imine (C=N–C) groups is 1. The molecule has 0 saturated heterocycles. The zero-order valence-corrected chi connectivity index (χ0v) is 15.6. The predicted octanol–water partition coefficient (Wildman–Crippen LogP) is 2.88. The number of guanidine groups is 1. The molecule has 5 heteroatoms. The summed E-state index contributed by atoms with van der Waals surface area (Å²) in [7, 11) is 2.13. The molecule has 1 aromatic rings. The van der Waals surface area contributed by atoms with Gasteiger partial charge in [0.1, 0.15) is 0 Å². The van der Waals surface area contributed by atoms with Crippen LogP contribution in [-0.4, -0.2) is 52.4 Å². The highest BCUT2D eigenvalue weighted by Gasteiger charge is 2.00. The van der Waals surface area contributed by atoms with Gasteiger partial charge >= 0.3 is 0 Å². The molecule has 0 saturated carbocycles. The van der Waals surface area contributed by atoms with Gasteiger partial charge in [-0.25, -0.2) is 0 Å². The maximum Gasteiger partial charge on any atom is 0.191 e. The van der Waals surface area contributed by atoms with E-state index in [1.807, 2.05) is 13.0 Å². The third kappa shape index (κ3) is 9.40. The van der Waals surface area contributed by atoms with Crippen LogP contribution in [0.25, 0.3) is 0 Å². The lowest BCUT2D eigenvalue weighted by Crippen LogP contribution is -2.38. The van der Waals surface area contributed by atoms with E-state index in [1.54, 1.807) is 0 Å². The Labute approximate surface area is 147 Å². The first-order valence-electron chi connectivity index (χ1n) is 9.14. The van der Waals surface area contributed by atoms with Crippen LogP contribution in [0.15, 0.2) is 35.3 Å². The van der Waals surface area contributed by atoms with Gasteiger partial charge in [-0.2, -0.15) is 0 Å². The Morgan fingerprint density at radius 3 is 2.58 bits per heavy atom. The van der Waals surface area contributed by atoms with Crippen molar-refractivity contribution in [2.45, 2.75) is 33.1 Å². The van der Waals surface area contributed by atoms with Crippen molar-refractivity contribution in [1.29, 1.82) is 0 Å². The monoisotopic (exact) mass is 334 g/mol. The molecule has 0 aromatic heterocycles. The molecule has 0 aliphatic heterocycles. The van der Waals surface area contributed by atoms with Gasteiger partial charge in [0.2, 0.25) is 0 Å². The lowest BCUT2D eigenvalue weighted by atomic mass is 10.3. The van der Waals surface area contributed by atoms with Gasteiger partial charge in [-0.15, -0.1) is 0 Å². The van der Waals surface area contributed by atoms with E-state index in [2.05, 4.69) is 58.8 Å². The van der Waals surface area contributed by atoms with E-state index in [1.165, 1.54) is 5.69 Å². The molecule has 1 rings (SSSR count). The molecular weight excluding hydrogens is 300 g/mol. The average Bonchev–Trinajstić information content (AvgIpc) is 2.62. The summed E-state index contributed by atoms with van der Waals surface area (Å²) in [6.07, 6.45) is 3.22. The van der Waals surface area contributed by atoms with Gasteiger partial charge in [0, 0.05) is 52.1 Å². The van der Waals surface area contributed by atoms with Crippen molar-refractivity contribution in [1.82, 2.24) is 10.6 Å². The molecule has 0 radical (unpaired) electrons. The Morgan fingerprint density at radius 2 is 1.88 bits per heavy atom. The summed E-state index contributed by atoms with van der Waals surface area (Å²) in [4.78, 5) is 6.92. The summed E-state index contributed by atoms with van der Waals surface area (Å²) in [5.41, 5.74) is 1.25. The molecule has 0 fully saturated rings. The maximum absolute atomic E-state index is 5.35. The molecule has 0 aliphatic carbocycles. The van der Waals surface area contributed by atoms with Crippen molar-refractivity contribution in [3.05, 3.63) is 30.3 Å². The Morgan fingerprint density at radius 1 is 1.08 bits per heavy atom. The van der Waals surface area contributed by atoms with E-state index in [-0.39, 0.29) is 0 Å². The van der Waals surface area contributed by atoms with Crippen LogP contribution in [0.3, 0.4) is 0 Å². The number of para-hydroxylation sites is 1. The number of ether oxygens (including phenoxy) is 1. The Kier molecular flexibility index (Phi) is 11.6. The van der Waals surface area contributed by atoms with Crippen molar-refractivity contribution in [3.8, 4) is 0 Å². The Bertz CT molecular complexity index is 436. The molecule has 1 aromatic carbocycles. The van der Waals surface area contributed by atoms with Crippen LogP contribution < -0.4 is 15.5 Å². The highest BCUT2D eigenvalue weighted by molar-refractivity contribution is 5.79. The van der Waals surface area contributed by atoms with Gasteiger partial charge in [-0.3, -0.25) is 4.99 Å². The summed E-state index contributed by atoms with van der Waals surface area (Å²) < 4.78 is 5.35. The smallest absolute Gasteiger partial charge is 0.191 e. The Hall–Kier alpha value is -1.75. The minimum absolute atomic E-state index is 0.801. The van der Waals surface area contributed by atoms with Gasteiger partial charge in [-0.05, 0) is 45.2 Å². The van der Waals surface area contributed by atoms with Crippen molar-refractivity contribution in [2.24, 2.45) is 4.99 Å². The van der Waals surface area contributed by atoms with Crippen LogP contribution in [0.2, 0.25) is 0 Å². The number of benzene rings is 1. The number of hydrogen-bond acceptors (Lipinski definition) is 3. The molecular formula is C19H34N4O. The summed E-state index contributed by atoms with van der Waals surface area (Å²) in [5, 5.41) is 6.69. The van der Waals surface area contributed by atoms with Gasteiger partial charge in [0.15, 0.2) is 5.96 Å². The fraction of sp³-hybridized carbons (Fsp3) is 0.632. The SMILES string of the molecule is CCNC(=NCCCN(C)c1ccccc1)NCCCCOCC. The lowest BCUT2D eigenvalue weighted by Gasteiger charge is -2.18. The zero-order chi connectivity index (χ0) is 17.5. The second kappa shape index (κ2) is 13.7. The summed E-state index contributed by atoms with van der Waals surface area (Å²) in [6.45, 7) is 9.41. The van der Waals surface area contributed by atoms with Crippen molar-refractivity contribution in [3.63, 3.8) is 0 Å². The fourth-order valence-electron chi connectivity index (χ4n) is 2.33. The zero-order valence-electron chi connectivity index (χ0n) is 15.6. The highest BCUT2D eigenvalue weighted by Crippen LogP contribution is 2.10. The van der Waals surface area contributed by atoms with Crippen LogP contribution in [0, 0.1) is 0 Å². The van der Waals surface area contributed by atoms with E-state index in [9.17, 15) is 0 Å². The Balaban J connectivity index is 2.22. The van der Waals surface area contributed by atoms with E-state index in [0.29, 0.717) is 0 Å². The summed E-state index contributed by atoms with van der Waals surface area (Å²) >= 11 is 0. The van der Waals surface area contributed by atoms with Gasteiger partial charge in [0.05, 0.1) is 0 Å². The van der Waals surface area contributed by atoms with Crippen molar-refractivity contribution < 1.29 is 4.74 Å². The minimum atomic E-state index is 0.801. The van der Waals surface area contributed by atoms with Crippen LogP contribution in [0.1, 0.15) is 33.1 Å². The van der Waals surface area contributed by atoms with Crippen LogP contribution in [0.5, 0.6) is 0 Å². The largest absolute Gasteiger partial charge is 0.382 e.